The van der Waals surface area contributed by atoms with E-state index in [4.69, 9.17) is 11.6 Å². The summed E-state index contributed by atoms with van der Waals surface area (Å²) in [4.78, 5) is 5.07. The topological polar surface area (TPSA) is 12.4 Å². The number of halogens is 1. The third kappa shape index (κ3) is 2.48. The zero-order valence-corrected chi connectivity index (χ0v) is 7.53. The highest BCUT2D eigenvalue weighted by molar-refractivity contribution is 7.14. The molecule has 0 radical (unpaired) electrons. The number of rotatable bonds is 3. The lowest BCUT2D eigenvalue weighted by molar-refractivity contribution is 1.26. The van der Waals surface area contributed by atoms with Crippen molar-refractivity contribution in [2.45, 2.75) is 0 Å². The van der Waals surface area contributed by atoms with Crippen LogP contribution in [0.25, 0.3) is 0 Å². The van der Waals surface area contributed by atoms with Gasteiger partial charge in [-0.1, -0.05) is 23.7 Å². The number of thiophene rings is 1. The van der Waals surface area contributed by atoms with Crippen LogP contribution in [0.2, 0.25) is 0 Å². The van der Waals surface area contributed by atoms with Gasteiger partial charge in [-0.15, -0.1) is 17.9 Å². The van der Waals surface area contributed by atoms with Gasteiger partial charge in [0.05, 0.1) is 11.4 Å². The first kappa shape index (κ1) is 8.50. The summed E-state index contributed by atoms with van der Waals surface area (Å²) in [6.07, 6.45) is 1.72. The van der Waals surface area contributed by atoms with Crippen molar-refractivity contribution in [2.24, 2.45) is 4.99 Å². The minimum atomic E-state index is 0.569. The van der Waals surface area contributed by atoms with E-state index < -0.39 is 0 Å². The van der Waals surface area contributed by atoms with Gasteiger partial charge >= 0.3 is 0 Å². The molecule has 1 aromatic heterocycles. The molecule has 0 saturated carbocycles. The van der Waals surface area contributed by atoms with Crippen LogP contribution in [0.1, 0.15) is 4.88 Å². The van der Waals surface area contributed by atoms with Crippen LogP contribution in [0, 0.1) is 0 Å². The highest BCUT2D eigenvalue weighted by Crippen LogP contribution is 2.12. The van der Waals surface area contributed by atoms with E-state index in [0.717, 1.165) is 4.88 Å². The van der Waals surface area contributed by atoms with Gasteiger partial charge in [-0.2, -0.15) is 0 Å². The minimum Gasteiger partial charge on any atom is -0.268 e. The van der Waals surface area contributed by atoms with Gasteiger partial charge in [-0.25, -0.2) is 0 Å². The smallest absolute Gasteiger partial charge is 0.141 e. The second-order valence-corrected chi connectivity index (χ2v) is 3.20. The second kappa shape index (κ2) is 4.31. The van der Waals surface area contributed by atoms with Crippen LogP contribution < -0.4 is 0 Å². The van der Waals surface area contributed by atoms with Gasteiger partial charge in [0, 0.05) is 0 Å². The molecule has 0 unspecified atom stereocenters. The van der Waals surface area contributed by atoms with Gasteiger partial charge < -0.3 is 0 Å². The molecule has 0 aliphatic carbocycles. The average molecular weight is 186 g/mol. The first-order valence-corrected chi connectivity index (χ1v) is 4.45. The fourth-order valence-electron chi connectivity index (χ4n) is 0.619. The maximum absolute atomic E-state index is 5.84. The lowest BCUT2D eigenvalue weighted by Gasteiger charge is -1.89. The summed E-state index contributed by atoms with van der Waals surface area (Å²) in [6.45, 7) is 4.13. The zero-order chi connectivity index (χ0) is 8.10. The standard InChI is InChI=1S/C8H8ClNS/c1-2-5-10-8(9)7-4-3-6-11-7/h2-4,6H,1,5H2. The fraction of sp³-hybridized carbons (Fsp3) is 0.125. The van der Waals surface area contributed by atoms with Crippen molar-refractivity contribution in [3.63, 3.8) is 0 Å². The van der Waals surface area contributed by atoms with E-state index >= 15 is 0 Å². The van der Waals surface area contributed by atoms with Crippen molar-refractivity contribution in [1.82, 2.24) is 0 Å². The summed E-state index contributed by atoms with van der Waals surface area (Å²) in [5.41, 5.74) is 0. The second-order valence-electron chi connectivity index (χ2n) is 1.90. The quantitative estimate of drug-likeness (QED) is 0.507. The van der Waals surface area contributed by atoms with E-state index in [1.807, 2.05) is 17.5 Å². The zero-order valence-electron chi connectivity index (χ0n) is 5.96. The highest BCUT2D eigenvalue weighted by Gasteiger charge is 1.97. The number of nitrogens with zero attached hydrogens (tertiary/aromatic N) is 1. The Labute approximate surface area is 75.0 Å². The Kier molecular flexibility index (Phi) is 3.33. The molecule has 1 heterocycles. The Hall–Kier alpha value is -0.600. The molecule has 0 fully saturated rings. The summed E-state index contributed by atoms with van der Waals surface area (Å²) in [6, 6.07) is 3.89. The average Bonchev–Trinajstić information content (AvgIpc) is 2.52. The van der Waals surface area contributed by atoms with Crippen LogP contribution in [-0.4, -0.2) is 11.7 Å². The Morgan fingerprint density at radius 3 is 3.18 bits per heavy atom. The van der Waals surface area contributed by atoms with Crippen LogP contribution >= 0.6 is 22.9 Å². The van der Waals surface area contributed by atoms with Crippen LogP contribution in [0.4, 0.5) is 0 Å². The summed E-state index contributed by atoms with van der Waals surface area (Å²) in [7, 11) is 0. The molecule has 1 nitrogen and oxygen atoms in total. The largest absolute Gasteiger partial charge is 0.268 e. The molecule has 0 N–H and O–H groups in total. The van der Waals surface area contributed by atoms with Crippen molar-refractivity contribution < 1.29 is 0 Å². The molecule has 0 atom stereocenters. The van der Waals surface area contributed by atoms with E-state index in [1.54, 1.807) is 17.4 Å². The van der Waals surface area contributed by atoms with Crippen molar-refractivity contribution in [3.05, 3.63) is 35.0 Å². The van der Waals surface area contributed by atoms with Crippen molar-refractivity contribution in [3.8, 4) is 0 Å². The molecule has 58 valence electrons. The molecule has 0 aromatic carbocycles. The number of hydrogen-bond donors (Lipinski definition) is 0. The molecule has 0 bridgehead atoms. The molecule has 1 aromatic rings. The van der Waals surface area contributed by atoms with Crippen molar-refractivity contribution >= 4 is 28.1 Å². The lowest BCUT2D eigenvalue weighted by atomic mass is 10.5. The summed E-state index contributed by atoms with van der Waals surface area (Å²) in [5, 5.41) is 2.54. The molecule has 0 saturated heterocycles. The predicted molar refractivity (Wildman–Crippen MR) is 51.8 cm³/mol. The molecule has 3 heteroatoms. The van der Waals surface area contributed by atoms with Gasteiger partial charge in [-0.05, 0) is 11.4 Å². The first-order valence-electron chi connectivity index (χ1n) is 3.19. The van der Waals surface area contributed by atoms with Crippen molar-refractivity contribution in [1.29, 1.82) is 0 Å². The third-order valence-corrected chi connectivity index (χ3v) is 2.40. The van der Waals surface area contributed by atoms with E-state index in [-0.39, 0.29) is 0 Å². The first-order chi connectivity index (χ1) is 5.34. The van der Waals surface area contributed by atoms with Crippen LogP contribution in [0.3, 0.4) is 0 Å². The van der Waals surface area contributed by atoms with Gasteiger partial charge in [0.25, 0.3) is 0 Å². The molecule has 0 spiro atoms. The Morgan fingerprint density at radius 1 is 1.82 bits per heavy atom. The Bertz CT molecular complexity index is 251. The van der Waals surface area contributed by atoms with Gasteiger partial charge in [0.2, 0.25) is 0 Å². The minimum absolute atomic E-state index is 0.569. The maximum atomic E-state index is 5.84. The van der Waals surface area contributed by atoms with Gasteiger partial charge in [0.15, 0.2) is 0 Å². The van der Waals surface area contributed by atoms with Crippen LogP contribution in [0.15, 0.2) is 35.2 Å². The van der Waals surface area contributed by atoms with E-state index in [2.05, 4.69) is 11.6 Å². The summed E-state index contributed by atoms with van der Waals surface area (Å²) in [5.74, 6) is 0. The fourth-order valence-corrected chi connectivity index (χ4v) is 1.51. The SMILES string of the molecule is C=CCN=C(Cl)c1cccs1. The van der Waals surface area contributed by atoms with Crippen LogP contribution in [0.5, 0.6) is 0 Å². The van der Waals surface area contributed by atoms with Gasteiger partial charge in [-0.3, -0.25) is 4.99 Å². The highest BCUT2D eigenvalue weighted by atomic mass is 35.5. The Balaban J connectivity index is 2.68. The normalized spacial score (nSPS) is 11.5. The summed E-state index contributed by atoms with van der Waals surface area (Å²) < 4.78 is 0. The molecule has 0 aliphatic heterocycles. The number of aliphatic imine (C=N–C) groups is 1. The maximum Gasteiger partial charge on any atom is 0.141 e. The van der Waals surface area contributed by atoms with Gasteiger partial charge in [0.1, 0.15) is 5.17 Å². The van der Waals surface area contributed by atoms with E-state index in [1.165, 1.54) is 0 Å². The van der Waals surface area contributed by atoms with Crippen LogP contribution in [-0.2, 0) is 0 Å². The third-order valence-electron chi connectivity index (χ3n) is 1.08. The Morgan fingerprint density at radius 2 is 2.64 bits per heavy atom. The molecule has 0 aliphatic rings. The molecule has 11 heavy (non-hydrogen) atoms. The van der Waals surface area contributed by atoms with E-state index in [0.29, 0.717) is 11.7 Å². The molecule has 0 amide bonds. The molecular formula is C8H8ClNS. The van der Waals surface area contributed by atoms with Crippen molar-refractivity contribution in [2.75, 3.05) is 6.54 Å². The monoisotopic (exact) mass is 185 g/mol. The number of hydrogen-bond acceptors (Lipinski definition) is 2. The predicted octanol–water partition coefficient (Wildman–Crippen LogP) is 2.92. The molecular weight excluding hydrogens is 178 g/mol. The lowest BCUT2D eigenvalue weighted by Crippen LogP contribution is -1.86. The molecule has 1 rings (SSSR count). The van der Waals surface area contributed by atoms with E-state index in [9.17, 15) is 0 Å². The summed E-state index contributed by atoms with van der Waals surface area (Å²) >= 11 is 7.42.